The molecule has 88 valence electrons. The van der Waals surface area contributed by atoms with E-state index in [1.165, 1.54) is 5.69 Å². The fourth-order valence-corrected chi connectivity index (χ4v) is 3.06. The van der Waals surface area contributed by atoms with Crippen molar-refractivity contribution >= 4 is 33.2 Å². The van der Waals surface area contributed by atoms with Crippen molar-refractivity contribution in [2.24, 2.45) is 11.8 Å². The Kier molecular flexibility index (Phi) is 3.81. The third-order valence-electron chi connectivity index (χ3n) is 3.50. The van der Waals surface area contributed by atoms with E-state index in [0.717, 1.165) is 35.0 Å². The van der Waals surface area contributed by atoms with E-state index < -0.39 is 0 Å². The highest BCUT2D eigenvalue weighted by Crippen LogP contribution is 2.33. The van der Waals surface area contributed by atoms with Crippen LogP contribution in [0.2, 0.25) is 0 Å². The molecule has 0 aliphatic carbocycles. The summed E-state index contributed by atoms with van der Waals surface area (Å²) in [4.78, 5) is 2.46. The molecule has 2 unspecified atom stereocenters. The van der Waals surface area contributed by atoms with E-state index in [4.69, 9.17) is 11.6 Å². The maximum Gasteiger partial charge on any atom is 0.0511 e. The molecule has 2 rings (SSSR count). The molecule has 2 atom stereocenters. The summed E-state index contributed by atoms with van der Waals surface area (Å²) < 4.78 is 1.16. The molecule has 3 heteroatoms. The molecule has 0 bridgehead atoms. The molecule has 1 aromatic rings. The Morgan fingerprint density at radius 3 is 2.44 bits per heavy atom. The molecule has 0 aromatic heterocycles. The van der Waals surface area contributed by atoms with Crippen LogP contribution in [0.15, 0.2) is 22.7 Å². The van der Waals surface area contributed by atoms with E-state index in [1.54, 1.807) is 0 Å². The summed E-state index contributed by atoms with van der Waals surface area (Å²) in [5.41, 5.74) is 2.46. The summed E-state index contributed by atoms with van der Waals surface area (Å²) in [6.45, 7) is 6.96. The minimum absolute atomic E-state index is 0.575. The third-order valence-corrected chi connectivity index (χ3v) is 4.44. The zero-order valence-electron chi connectivity index (χ0n) is 9.71. The SMILES string of the molecule is CC1CN(c2ccc(CCl)cc2Br)CC1C. The van der Waals surface area contributed by atoms with Crippen molar-refractivity contribution in [1.29, 1.82) is 0 Å². The van der Waals surface area contributed by atoms with Crippen LogP contribution in [0.3, 0.4) is 0 Å². The summed E-state index contributed by atoms with van der Waals surface area (Å²) in [5.74, 6) is 2.13. The number of rotatable bonds is 2. The van der Waals surface area contributed by atoms with Gasteiger partial charge in [0.2, 0.25) is 0 Å². The first-order valence-corrected chi connectivity index (χ1v) is 7.04. The number of hydrogen-bond donors (Lipinski definition) is 0. The van der Waals surface area contributed by atoms with Gasteiger partial charge >= 0.3 is 0 Å². The molecule has 1 aromatic carbocycles. The molecule has 0 amide bonds. The monoisotopic (exact) mass is 301 g/mol. The molecule has 0 spiro atoms. The maximum absolute atomic E-state index is 5.82. The van der Waals surface area contributed by atoms with Gasteiger partial charge in [-0.3, -0.25) is 0 Å². The van der Waals surface area contributed by atoms with E-state index in [1.807, 2.05) is 0 Å². The molecule has 16 heavy (non-hydrogen) atoms. The highest BCUT2D eigenvalue weighted by Gasteiger charge is 2.27. The van der Waals surface area contributed by atoms with Gasteiger partial charge in [0, 0.05) is 23.4 Å². The molecular weight excluding hydrogens is 286 g/mol. The van der Waals surface area contributed by atoms with Crippen LogP contribution in [0.5, 0.6) is 0 Å². The predicted octanol–water partition coefficient (Wildman–Crippen LogP) is 4.28. The molecule has 0 N–H and O–H groups in total. The van der Waals surface area contributed by atoms with Gasteiger partial charge in [0.05, 0.1) is 5.69 Å². The van der Waals surface area contributed by atoms with Gasteiger partial charge in [-0.05, 0) is 45.5 Å². The van der Waals surface area contributed by atoms with Crippen molar-refractivity contribution < 1.29 is 0 Å². The van der Waals surface area contributed by atoms with Gasteiger partial charge in [-0.1, -0.05) is 19.9 Å². The number of benzene rings is 1. The number of hydrogen-bond acceptors (Lipinski definition) is 1. The van der Waals surface area contributed by atoms with Crippen LogP contribution < -0.4 is 4.90 Å². The molecule has 0 radical (unpaired) electrons. The quantitative estimate of drug-likeness (QED) is 0.737. The molecule has 1 fully saturated rings. The van der Waals surface area contributed by atoms with Crippen LogP contribution in [0.1, 0.15) is 19.4 Å². The molecule has 1 aliphatic heterocycles. The summed E-state index contributed by atoms with van der Waals surface area (Å²) in [7, 11) is 0. The van der Waals surface area contributed by atoms with Gasteiger partial charge < -0.3 is 4.90 Å². The van der Waals surface area contributed by atoms with Crippen molar-refractivity contribution in [3.63, 3.8) is 0 Å². The zero-order valence-corrected chi connectivity index (χ0v) is 12.1. The summed E-state index contributed by atoms with van der Waals surface area (Å²) >= 11 is 9.46. The fourth-order valence-electron chi connectivity index (χ4n) is 2.22. The summed E-state index contributed by atoms with van der Waals surface area (Å²) in [6.07, 6.45) is 0. The lowest BCUT2D eigenvalue weighted by Gasteiger charge is -2.20. The molecule has 1 nitrogen and oxygen atoms in total. The Morgan fingerprint density at radius 2 is 1.94 bits per heavy atom. The molecule has 0 saturated carbocycles. The predicted molar refractivity (Wildman–Crippen MR) is 74.2 cm³/mol. The van der Waals surface area contributed by atoms with E-state index in [2.05, 4.69) is 52.9 Å². The van der Waals surface area contributed by atoms with Gasteiger partial charge in [0.25, 0.3) is 0 Å². The average Bonchev–Trinajstić information content (AvgIpc) is 2.58. The smallest absolute Gasteiger partial charge is 0.0511 e. The first kappa shape index (κ1) is 12.3. The second-order valence-corrected chi connectivity index (χ2v) is 5.90. The third kappa shape index (κ3) is 2.38. The van der Waals surface area contributed by atoms with Crippen LogP contribution >= 0.6 is 27.5 Å². The van der Waals surface area contributed by atoms with E-state index in [9.17, 15) is 0 Å². The molecule has 1 saturated heterocycles. The van der Waals surface area contributed by atoms with Crippen molar-refractivity contribution in [2.45, 2.75) is 19.7 Å². The van der Waals surface area contributed by atoms with Crippen LogP contribution in [0.4, 0.5) is 5.69 Å². The first-order chi connectivity index (χ1) is 7.61. The summed E-state index contributed by atoms with van der Waals surface area (Å²) in [5, 5.41) is 0. The molecule has 1 heterocycles. The lowest BCUT2D eigenvalue weighted by molar-refractivity contribution is 0.494. The van der Waals surface area contributed by atoms with Gasteiger partial charge in [0.1, 0.15) is 0 Å². The van der Waals surface area contributed by atoms with E-state index >= 15 is 0 Å². The van der Waals surface area contributed by atoms with Crippen LogP contribution in [-0.4, -0.2) is 13.1 Å². The first-order valence-electron chi connectivity index (χ1n) is 5.71. The minimum atomic E-state index is 0.575. The normalized spacial score (nSPS) is 25.1. The second-order valence-electron chi connectivity index (χ2n) is 4.78. The lowest BCUT2D eigenvalue weighted by Crippen LogP contribution is -2.19. The molecule has 1 aliphatic rings. The van der Waals surface area contributed by atoms with E-state index in [-0.39, 0.29) is 0 Å². The highest BCUT2D eigenvalue weighted by atomic mass is 79.9. The maximum atomic E-state index is 5.82. The summed E-state index contributed by atoms with van der Waals surface area (Å²) in [6, 6.07) is 6.41. The number of nitrogens with zero attached hydrogens (tertiary/aromatic N) is 1. The fraction of sp³-hybridized carbons (Fsp3) is 0.538. The number of alkyl halides is 1. The Morgan fingerprint density at radius 1 is 1.31 bits per heavy atom. The largest absolute Gasteiger partial charge is 0.370 e. The standard InChI is InChI=1S/C13H17BrClN/c1-9-7-16(8-10(9)2)13-4-3-11(6-15)5-12(13)14/h3-5,9-10H,6-8H2,1-2H3. The lowest BCUT2D eigenvalue weighted by atomic mass is 10.0. The van der Waals surface area contributed by atoms with Gasteiger partial charge in [-0.15, -0.1) is 11.6 Å². The van der Waals surface area contributed by atoms with Crippen molar-refractivity contribution in [1.82, 2.24) is 0 Å². The Labute approximate surface area is 111 Å². The van der Waals surface area contributed by atoms with Gasteiger partial charge in [-0.25, -0.2) is 0 Å². The number of halogens is 2. The van der Waals surface area contributed by atoms with Crippen molar-refractivity contribution in [2.75, 3.05) is 18.0 Å². The topological polar surface area (TPSA) is 3.24 Å². The van der Waals surface area contributed by atoms with E-state index in [0.29, 0.717) is 5.88 Å². The van der Waals surface area contributed by atoms with Crippen LogP contribution in [-0.2, 0) is 5.88 Å². The Balaban J connectivity index is 2.22. The number of anilines is 1. The average molecular weight is 303 g/mol. The van der Waals surface area contributed by atoms with Gasteiger partial charge in [-0.2, -0.15) is 0 Å². The Bertz CT molecular complexity index is 370. The van der Waals surface area contributed by atoms with Crippen LogP contribution in [0.25, 0.3) is 0 Å². The Hall–Kier alpha value is -0.210. The van der Waals surface area contributed by atoms with Crippen LogP contribution in [0, 0.1) is 11.8 Å². The zero-order chi connectivity index (χ0) is 11.7. The second kappa shape index (κ2) is 4.97. The van der Waals surface area contributed by atoms with Crippen molar-refractivity contribution in [3.8, 4) is 0 Å². The van der Waals surface area contributed by atoms with Gasteiger partial charge in [0.15, 0.2) is 0 Å². The van der Waals surface area contributed by atoms with Crippen molar-refractivity contribution in [3.05, 3.63) is 28.2 Å². The minimum Gasteiger partial charge on any atom is -0.370 e. The molecular formula is C13H17BrClN. The highest BCUT2D eigenvalue weighted by molar-refractivity contribution is 9.10.